The Bertz CT molecular complexity index is 354. The molecule has 0 aliphatic heterocycles. The highest BCUT2D eigenvalue weighted by atomic mass is 35.5. The van der Waals surface area contributed by atoms with Gasteiger partial charge in [-0.3, -0.25) is 0 Å². The molecule has 0 aliphatic rings. The van der Waals surface area contributed by atoms with Gasteiger partial charge in [-0.05, 0) is 11.6 Å². The molecule has 0 saturated carbocycles. The number of halogens is 6. The van der Waals surface area contributed by atoms with E-state index in [1.54, 1.807) is 0 Å². The molecule has 0 aliphatic carbocycles. The highest BCUT2D eigenvalue weighted by molar-refractivity contribution is 6.31. The van der Waals surface area contributed by atoms with Crippen LogP contribution in [-0.4, -0.2) is 6.18 Å². The molecule has 92 valence electrons. The van der Waals surface area contributed by atoms with E-state index in [-0.39, 0.29) is 23.0 Å². The van der Waals surface area contributed by atoms with Gasteiger partial charge in [0.1, 0.15) is 5.82 Å². The number of alkyl halides is 3. The van der Waals surface area contributed by atoms with E-state index < -0.39 is 24.5 Å². The number of nitrogens with two attached hydrogens (primary N) is 1. The summed E-state index contributed by atoms with van der Waals surface area (Å²) in [5, 5.41) is -0.353. The van der Waals surface area contributed by atoms with Crippen LogP contribution in [0.1, 0.15) is 18.0 Å². The van der Waals surface area contributed by atoms with Crippen molar-refractivity contribution in [3.63, 3.8) is 0 Å². The van der Waals surface area contributed by atoms with Gasteiger partial charge in [-0.2, -0.15) is 13.2 Å². The molecular weight excluding hydrogens is 269 g/mol. The largest absolute Gasteiger partial charge is 0.390 e. The van der Waals surface area contributed by atoms with Gasteiger partial charge in [-0.15, -0.1) is 12.4 Å². The van der Waals surface area contributed by atoms with Crippen molar-refractivity contribution in [1.29, 1.82) is 0 Å². The first kappa shape index (κ1) is 15.5. The lowest BCUT2D eigenvalue weighted by Crippen LogP contribution is -2.20. The molecule has 1 rings (SSSR count). The minimum Gasteiger partial charge on any atom is -0.324 e. The predicted molar refractivity (Wildman–Crippen MR) is 56.3 cm³/mol. The number of rotatable bonds is 2. The highest BCUT2D eigenvalue weighted by Crippen LogP contribution is 2.32. The molecule has 0 saturated heterocycles. The van der Waals surface area contributed by atoms with Crippen LogP contribution in [0, 0.1) is 5.82 Å². The summed E-state index contributed by atoms with van der Waals surface area (Å²) in [6, 6.07) is 2.27. The maximum absolute atomic E-state index is 12.9. The molecule has 1 aromatic rings. The zero-order valence-electron chi connectivity index (χ0n) is 7.89. The third kappa shape index (κ3) is 4.15. The van der Waals surface area contributed by atoms with Crippen molar-refractivity contribution in [2.24, 2.45) is 5.73 Å². The van der Waals surface area contributed by atoms with Gasteiger partial charge in [0, 0.05) is 6.04 Å². The van der Waals surface area contributed by atoms with Crippen molar-refractivity contribution in [1.82, 2.24) is 0 Å². The Balaban J connectivity index is 0.00000225. The summed E-state index contributed by atoms with van der Waals surface area (Å²) in [5.41, 5.74) is 5.25. The minimum atomic E-state index is -4.39. The van der Waals surface area contributed by atoms with Crippen LogP contribution in [0.25, 0.3) is 0 Å². The zero-order chi connectivity index (χ0) is 11.6. The van der Waals surface area contributed by atoms with Gasteiger partial charge in [0.15, 0.2) is 0 Å². The summed E-state index contributed by atoms with van der Waals surface area (Å²) in [5.74, 6) is -0.771. The van der Waals surface area contributed by atoms with Gasteiger partial charge < -0.3 is 5.73 Å². The van der Waals surface area contributed by atoms with Crippen LogP contribution in [0.4, 0.5) is 17.6 Å². The minimum absolute atomic E-state index is 0. The first-order valence-electron chi connectivity index (χ1n) is 4.07. The van der Waals surface area contributed by atoms with Crippen LogP contribution in [-0.2, 0) is 0 Å². The zero-order valence-corrected chi connectivity index (χ0v) is 9.46. The molecule has 0 unspecified atom stereocenters. The van der Waals surface area contributed by atoms with Gasteiger partial charge in [-0.25, -0.2) is 4.39 Å². The average Bonchev–Trinajstić information content (AvgIpc) is 2.06. The molecule has 1 aromatic carbocycles. The highest BCUT2D eigenvalue weighted by Gasteiger charge is 2.31. The molecule has 1 nitrogen and oxygen atoms in total. The van der Waals surface area contributed by atoms with E-state index in [1.807, 2.05) is 0 Å². The predicted octanol–water partition coefficient (Wildman–Crippen LogP) is 3.85. The fraction of sp³-hybridized carbons (Fsp3) is 0.333. The van der Waals surface area contributed by atoms with Crippen molar-refractivity contribution in [3.05, 3.63) is 34.6 Å². The molecule has 0 spiro atoms. The van der Waals surface area contributed by atoms with Gasteiger partial charge >= 0.3 is 6.18 Å². The summed E-state index contributed by atoms with van der Waals surface area (Å²) in [4.78, 5) is 0. The van der Waals surface area contributed by atoms with Crippen molar-refractivity contribution >= 4 is 24.0 Å². The van der Waals surface area contributed by atoms with Crippen LogP contribution < -0.4 is 5.73 Å². The third-order valence-electron chi connectivity index (χ3n) is 1.83. The van der Waals surface area contributed by atoms with E-state index in [4.69, 9.17) is 17.3 Å². The molecule has 7 heteroatoms. The van der Waals surface area contributed by atoms with Crippen molar-refractivity contribution in [2.45, 2.75) is 18.6 Å². The smallest absolute Gasteiger partial charge is 0.324 e. The third-order valence-corrected chi connectivity index (χ3v) is 2.23. The van der Waals surface area contributed by atoms with Crippen LogP contribution in [0.5, 0.6) is 0 Å². The Hall–Kier alpha value is -0.520. The number of benzene rings is 1. The normalized spacial score (nSPS) is 13.1. The van der Waals surface area contributed by atoms with E-state index in [0.717, 1.165) is 6.07 Å². The molecule has 1 atom stereocenters. The first-order chi connectivity index (χ1) is 6.81. The van der Waals surface area contributed by atoms with Crippen molar-refractivity contribution in [3.8, 4) is 0 Å². The Morgan fingerprint density at radius 3 is 2.38 bits per heavy atom. The molecule has 0 heterocycles. The van der Waals surface area contributed by atoms with E-state index >= 15 is 0 Å². The van der Waals surface area contributed by atoms with Gasteiger partial charge in [0.25, 0.3) is 0 Å². The molecule has 2 N–H and O–H groups in total. The molecule has 0 aromatic heterocycles. The quantitative estimate of drug-likeness (QED) is 0.817. The summed E-state index contributed by atoms with van der Waals surface area (Å²) in [6.45, 7) is 0. The lowest BCUT2D eigenvalue weighted by atomic mass is 10.0. The lowest BCUT2D eigenvalue weighted by molar-refractivity contribution is -0.138. The summed E-state index contributed by atoms with van der Waals surface area (Å²) >= 11 is 5.49. The van der Waals surface area contributed by atoms with Gasteiger partial charge in [-0.1, -0.05) is 23.7 Å². The Morgan fingerprint density at radius 1 is 1.31 bits per heavy atom. The molecule has 0 fully saturated rings. The topological polar surface area (TPSA) is 26.0 Å². The van der Waals surface area contributed by atoms with E-state index in [2.05, 4.69) is 0 Å². The maximum Gasteiger partial charge on any atom is 0.390 e. The fourth-order valence-electron chi connectivity index (χ4n) is 1.17. The molecule has 16 heavy (non-hydrogen) atoms. The Kier molecular flexibility index (Phi) is 5.52. The summed E-state index contributed by atoms with van der Waals surface area (Å²) in [7, 11) is 0. The number of hydrogen-bond acceptors (Lipinski definition) is 1. The second-order valence-corrected chi connectivity index (χ2v) is 3.45. The Labute approximate surface area is 101 Å². The van der Waals surface area contributed by atoms with Crippen molar-refractivity contribution < 1.29 is 17.6 Å². The standard InChI is InChI=1S/C9H8ClF4N.ClH/c10-8-5(2-1-3-6(8)11)7(15)4-9(12,13)14;/h1-3,7H,4,15H2;1H/t7-;/m0./s1. The first-order valence-corrected chi connectivity index (χ1v) is 4.45. The molecule has 0 amide bonds. The van der Waals surface area contributed by atoms with Gasteiger partial charge in [0.2, 0.25) is 0 Å². The molecular formula is C9H9Cl2F4N. The lowest BCUT2D eigenvalue weighted by Gasteiger charge is -2.15. The maximum atomic E-state index is 12.9. The molecule has 0 radical (unpaired) electrons. The van der Waals surface area contributed by atoms with Crippen LogP contribution in [0.2, 0.25) is 5.02 Å². The van der Waals surface area contributed by atoms with Crippen LogP contribution in [0.3, 0.4) is 0 Å². The van der Waals surface area contributed by atoms with E-state index in [0.29, 0.717) is 0 Å². The van der Waals surface area contributed by atoms with Crippen LogP contribution in [0.15, 0.2) is 18.2 Å². The average molecular weight is 278 g/mol. The summed E-state index contributed by atoms with van der Waals surface area (Å²) < 4.78 is 48.9. The monoisotopic (exact) mass is 277 g/mol. The van der Waals surface area contributed by atoms with E-state index in [9.17, 15) is 17.6 Å². The Morgan fingerprint density at radius 2 is 1.88 bits per heavy atom. The summed E-state index contributed by atoms with van der Waals surface area (Å²) in [6.07, 6.45) is -5.62. The fourth-order valence-corrected chi connectivity index (χ4v) is 1.43. The number of hydrogen-bond donors (Lipinski definition) is 1. The second kappa shape index (κ2) is 5.70. The molecule has 0 bridgehead atoms. The van der Waals surface area contributed by atoms with Crippen LogP contribution >= 0.6 is 24.0 Å². The van der Waals surface area contributed by atoms with Crippen molar-refractivity contribution in [2.75, 3.05) is 0 Å². The second-order valence-electron chi connectivity index (χ2n) is 3.07. The SMILES string of the molecule is Cl.N[C@@H](CC(F)(F)F)c1cccc(F)c1Cl. The van der Waals surface area contributed by atoms with E-state index in [1.165, 1.54) is 12.1 Å². The van der Waals surface area contributed by atoms with Gasteiger partial charge in [0.05, 0.1) is 11.4 Å².